The summed E-state index contributed by atoms with van der Waals surface area (Å²) in [6, 6.07) is 2.83. The van der Waals surface area contributed by atoms with Gasteiger partial charge in [0.1, 0.15) is 5.76 Å². The average molecular weight is 650 g/mol. The predicted octanol–water partition coefficient (Wildman–Crippen LogP) is 0.232. The monoisotopic (exact) mass is 649 g/mol. The molecule has 16 nitrogen and oxygen atoms in total. The molecule has 1 aromatic rings. The Morgan fingerprint density at radius 2 is 1.74 bits per heavy atom. The number of hydrogen-bond donors (Lipinski definition) is 5. The minimum Gasteiger partial charge on any atom is -0.504 e. The molecule has 0 saturated heterocycles. The van der Waals surface area contributed by atoms with Gasteiger partial charge in [0.05, 0.1) is 23.9 Å². The number of carbonyl (C=O) groups excluding carboxylic acids is 4. The van der Waals surface area contributed by atoms with Crippen molar-refractivity contribution in [3.05, 3.63) is 35.1 Å². The second kappa shape index (κ2) is 13.0. The van der Waals surface area contributed by atoms with Gasteiger partial charge < -0.3 is 49.4 Å². The van der Waals surface area contributed by atoms with Crippen LogP contribution in [0.4, 0.5) is 0 Å². The van der Waals surface area contributed by atoms with Gasteiger partial charge in [0.15, 0.2) is 23.7 Å². The summed E-state index contributed by atoms with van der Waals surface area (Å²) in [7, 11) is 1.72. The summed E-state index contributed by atoms with van der Waals surface area (Å²) in [6.45, 7) is 3.80. The van der Waals surface area contributed by atoms with Crippen LogP contribution in [0.25, 0.3) is 0 Å². The Hall–Kier alpha value is -4.70. The quantitative estimate of drug-likeness (QED) is 0.142. The van der Waals surface area contributed by atoms with Crippen molar-refractivity contribution in [3.63, 3.8) is 0 Å². The molecule has 0 bridgehead atoms. The van der Waals surface area contributed by atoms with E-state index in [1.807, 2.05) is 6.92 Å². The molecule has 0 unspecified atom stereocenters. The standard InChI is InChI=1S/C30H35NO15/c1-5-29-23-15-6-7-16(33)24(23)46-25(29)17(8-9-30(29,41)20(10-15)31-4)44-22(36)12-19(43-14(3)32)28(40)42-13(2)27(39)45-18(26(37)38)11-21(34)35/h6-8,13,18-20,25,31,33,41H,5,9-12H2,1-4H3,(H,34,35)(H,37,38)/t13-,18-,19-,20+,25-,29-,30+/m0/s1. The number of aliphatic carboxylic acids is 2. The van der Waals surface area contributed by atoms with Crippen molar-refractivity contribution in [2.24, 2.45) is 0 Å². The van der Waals surface area contributed by atoms with Crippen molar-refractivity contribution in [3.8, 4) is 11.5 Å². The minimum absolute atomic E-state index is 0.000130. The largest absolute Gasteiger partial charge is 0.504 e. The zero-order valence-electron chi connectivity index (χ0n) is 25.4. The van der Waals surface area contributed by atoms with Crippen molar-refractivity contribution in [2.45, 2.75) is 94.3 Å². The van der Waals surface area contributed by atoms with Gasteiger partial charge in [0.25, 0.3) is 0 Å². The number of carboxylic acid groups (broad SMARTS) is 2. The molecule has 0 radical (unpaired) electrons. The smallest absolute Gasteiger partial charge is 0.348 e. The number of ether oxygens (including phenoxy) is 5. The van der Waals surface area contributed by atoms with E-state index in [1.54, 1.807) is 13.1 Å². The van der Waals surface area contributed by atoms with E-state index in [4.69, 9.17) is 29.2 Å². The third kappa shape index (κ3) is 5.97. The van der Waals surface area contributed by atoms with E-state index in [1.165, 1.54) is 12.1 Å². The summed E-state index contributed by atoms with van der Waals surface area (Å²) in [5.41, 5.74) is -1.07. The molecule has 1 aromatic carbocycles. The van der Waals surface area contributed by atoms with Crippen molar-refractivity contribution >= 4 is 35.8 Å². The van der Waals surface area contributed by atoms with Gasteiger partial charge in [-0.25, -0.2) is 14.4 Å². The number of hydrogen-bond acceptors (Lipinski definition) is 14. The van der Waals surface area contributed by atoms with Gasteiger partial charge in [-0.05, 0) is 44.5 Å². The van der Waals surface area contributed by atoms with Crippen LogP contribution in [0.1, 0.15) is 57.6 Å². The summed E-state index contributed by atoms with van der Waals surface area (Å²) in [6.07, 6.45) is -6.43. The first-order valence-corrected chi connectivity index (χ1v) is 14.4. The first kappa shape index (κ1) is 34.2. The number of phenols is 1. The Morgan fingerprint density at radius 1 is 1.04 bits per heavy atom. The summed E-state index contributed by atoms with van der Waals surface area (Å²) in [4.78, 5) is 72.1. The van der Waals surface area contributed by atoms with Gasteiger partial charge in [-0.15, -0.1) is 0 Å². The van der Waals surface area contributed by atoms with Crippen LogP contribution in [-0.4, -0.2) is 99.3 Å². The molecule has 0 amide bonds. The van der Waals surface area contributed by atoms with Crippen LogP contribution in [0.5, 0.6) is 11.5 Å². The number of esters is 4. The number of carbonyl (C=O) groups is 6. The van der Waals surface area contributed by atoms with Crippen LogP contribution in [0.2, 0.25) is 0 Å². The Bertz CT molecular complexity index is 1490. The molecule has 7 atom stereocenters. The summed E-state index contributed by atoms with van der Waals surface area (Å²) in [5.74, 6) is -8.12. The lowest BCUT2D eigenvalue weighted by molar-refractivity contribution is -0.184. The molecule has 3 aliphatic rings. The Balaban J connectivity index is 1.52. The maximum Gasteiger partial charge on any atom is 0.348 e. The highest BCUT2D eigenvalue weighted by atomic mass is 16.6. The molecule has 4 rings (SSSR count). The van der Waals surface area contributed by atoms with Crippen LogP contribution in [0.15, 0.2) is 24.0 Å². The fraction of sp³-hybridized carbons (Fsp3) is 0.533. The van der Waals surface area contributed by atoms with Crippen LogP contribution in [-0.2, 0) is 59.6 Å². The maximum atomic E-state index is 13.2. The summed E-state index contributed by atoms with van der Waals surface area (Å²) >= 11 is 0. The van der Waals surface area contributed by atoms with Crippen LogP contribution in [0, 0.1) is 0 Å². The van der Waals surface area contributed by atoms with E-state index in [9.17, 15) is 39.0 Å². The first-order chi connectivity index (χ1) is 21.6. The predicted molar refractivity (Wildman–Crippen MR) is 150 cm³/mol. The summed E-state index contributed by atoms with van der Waals surface area (Å²) < 4.78 is 26.3. The molecule has 5 N–H and O–H groups in total. The lowest BCUT2D eigenvalue weighted by atomic mass is 9.52. The molecule has 250 valence electrons. The highest BCUT2D eigenvalue weighted by molar-refractivity contribution is 5.88. The van der Waals surface area contributed by atoms with Gasteiger partial charge in [0, 0.05) is 24.9 Å². The number of nitrogens with one attached hydrogen (secondary N) is 1. The molecule has 16 heteroatoms. The number of benzene rings is 1. The molecule has 0 spiro atoms. The van der Waals surface area contributed by atoms with E-state index in [2.05, 4.69) is 10.1 Å². The molecule has 46 heavy (non-hydrogen) atoms. The normalized spacial score (nSPS) is 25.8. The van der Waals surface area contributed by atoms with Crippen LogP contribution < -0.4 is 10.1 Å². The molecular formula is C30H35NO15. The number of aromatic hydroxyl groups is 1. The van der Waals surface area contributed by atoms with Gasteiger partial charge in [-0.2, -0.15) is 0 Å². The first-order valence-electron chi connectivity index (χ1n) is 14.4. The van der Waals surface area contributed by atoms with Crippen molar-refractivity contribution < 1.29 is 72.9 Å². The fourth-order valence-corrected chi connectivity index (χ4v) is 6.55. The van der Waals surface area contributed by atoms with Gasteiger partial charge in [-0.3, -0.25) is 14.4 Å². The van der Waals surface area contributed by atoms with Crippen molar-refractivity contribution in [1.29, 1.82) is 0 Å². The second-order valence-electron chi connectivity index (χ2n) is 11.3. The topological polar surface area (TPSA) is 242 Å². The van der Waals surface area contributed by atoms with E-state index in [0.717, 1.165) is 19.4 Å². The van der Waals surface area contributed by atoms with E-state index >= 15 is 0 Å². The number of rotatable bonds is 13. The molecule has 2 aliphatic carbocycles. The highest BCUT2D eigenvalue weighted by Crippen LogP contribution is 2.63. The van der Waals surface area contributed by atoms with E-state index in [-0.39, 0.29) is 23.7 Å². The SMILES string of the molecule is CC[C@]12c3c4ccc(O)c3O[C@H]1C(OC(=O)C[C@H](OC(C)=O)C(=O)O[C@@H](C)C(=O)O[C@@H](CC(=O)O)C(=O)O)=CC[C@@]2(O)[C@H](NC)C4. The highest BCUT2D eigenvalue weighted by Gasteiger charge is 2.69. The van der Waals surface area contributed by atoms with E-state index < -0.39 is 90.1 Å². The molecule has 1 aliphatic heterocycles. The summed E-state index contributed by atoms with van der Waals surface area (Å²) in [5, 5.41) is 43.9. The van der Waals surface area contributed by atoms with Gasteiger partial charge >= 0.3 is 35.8 Å². The van der Waals surface area contributed by atoms with Gasteiger partial charge in [0.2, 0.25) is 12.2 Å². The third-order valence-electron chi connectivity index (χ3n) is 8.58. The zero-order chi connectivity index (χ0) is 34.1. The van der Waals surface area contributed by atoms with Crippen LogP contribution >= 0.6 is 0 Å². The molecule has 0 aromatic heterocycles. The second-order valence-corrected chi connectivity index (χ2v) is 11.3. The number of likely N-dealkylation sites (N-methyl/N-ethyl adjacent to an activating group) is 1. The molecule has 0 fully saturated rings. The Labute approximate surface area is 262 Å². The lowest BCUT2D eigenvalue weighted by Crippen LogP contribution is -2.70. The third-order valence-corrected chi connectivity index (χ3v) is 8.58. The number of phenolic OH excluding ortho intramolecular Hbond substituents is 1. The Morgan fingerprint density at radius 3 is 2.33 bits per heavy atom. The number of aliphatic hydroxyl groups is 1. The fourth-order valence-electron chi connectivity index (χ4n) is 6.55. The Kier molecular flexibility index (Phi) is 9.63. The lowest BCUT2D eigenvalue weighted by Gasteiger charge is -2.56. The zero-order valence-corrected chi connectivity index (χ0v) is 25.4. The van der Waals surface area contributed by atoms with Crippen LogP contribution in [0.3, 0.4) is 0 Å². The molecule has 0 saturated carbocycles. The minimum atomic E-state index is -2.06. The average Bonchev–Trinajstić information content (AvgIpc) is 3.35. The maximum absolute atomic E-state index is 13.2. The van der Waals surface area contributed by atoms with Gasteiger partial charge in [-0.1, -0.05) is 13.0 Å². The number of carboxylic acids is 2. The van der Waals surface area contributed by atoms with Crippen molar-refractivity contribution in [1.82, 2.24) is 5.32 Å². The molecule has 1 heterocycles. The van der Waals surface area contributed by atoms with Crippen molar-refractivity contribution in [2.75, 3.05) is 7.05 Å². The van der Waals surface area contributed by atoms with E-state index in [0.29, 0.717) is 18.4 Å². The molecular weight excluding hydrogens is 614 g/mol.